The number of fused-ring (bicyclic) bond motifs is 1. The Morgan fingerprint density at radius 2 is 2.29 bits per heavy atom. The Morgan fingerprint density at radius 3 is 3.17 bits per heavy atom. The minimum Gasteiger partial charge on any atom is -0.383 e. The number of urea groups is 1. The molecule has 1 aromatic heterocycles. The fraction of sp³-hybridized carbons (Fsp3) is 0.444. The minimum absolute atomic E-state index is 0.190. The summed E-state index contributed by atoms with van der Waals surface area (Å²) in [5.74, 6) is 0.394. The summed E-state index contributed by atoms with van der Waals surface area (Å²) in [4.78, 5) is 12.1. The van der Waals surface area contributed by atoms with Crippen molar-refractivity contribution in [3.8, 4) is 0 Å². The van der Waals surface area contributed by atoms with Gasteiger partial charge in [0.15, 0.2) is 0 Å². The molecule has 0 bridgehead atoms. The van der Waals surface area contributed by atoms with E-state index >= 15 is 0 Å². The van der Waals surface area contributed by atoms with Crippen LogP contribution in [0.25, 0.3) is 0 Å². The van der Waals surface area contributed by atoms with E-state index in [4.69, 9.17) is 4.74 Å². The second-order valence-electron chi connectivity index (χ2n) is 6.11. The van der Waals surface area contributed by atoms with Crippen LogP contribution in [0.3, 0.4) is 0 Å². The van der Waals surface area contributed by atoms with Crippen LogP contribution >= 0.6 is 0 Å². The average molecular weight is 328 g/mol. The standard InChI is InChI=1S/C18H24N4O2/c1-24-10-9-22-13-16(12-20-22)21-18(23)19-11-15-7-4-6-14-5-2-3-8-17(14)15/h2-3,5,8,12-13,15H,4,6-7,9-11H2,1H3,(H2,19,21,23)/t15-/m0/s1. The number of benzene rings is 1. The van der Waals surface area contributed by atoms with Gasteiger partial charge in [-0.15, -0.1) is 0 Å². The van der Waals surface area contributed by atoms with Gasteiger partial charge in [-0.2, -0.15) is 5.10 Å². The van der Waals surface area contributed by atoms with Crippen molar-refractivity contribution in [1.82, 2.24) is 15.1 Å². The van der Waals surface area contributed by atoms with E-state index in [9.17, 15) is 4.79 Å². The average Bonchev–Trinajstić information content (AvgIpc) is 3.05. The van der Waals surface area contributed by atoms with Crippen LogP contribution < -0.4 is 10.6 Å². The number of aromatic nitrogens is 2. The first kappa shape index (κ1) is 16.5. The molecule has 128 valence electrons. The first-order chi connectivity index (χ1) is 11.8. The van der Waals surface area contributed by atoms with E-state index in [1.54, 1.807) is 24.2 Å². The van der Waals surface area contributed by atoms with Gasteiger partial charge >= 0.3 is 6.03 Å². The number of anilines is 1. The molecule has 1 atom stereocenters. The van der Waals surface area contributed by atoms with Gasteiger partial charge in [0, 0.05) is 25.8 Å². The van der Waals surface area contributed by atoms with E-state index in [0.717, 1.165) is 12.8 Å². The van der Waals surface area contributed by atoms with Crippen molar-refractivity contribution < 1.29 is 9.53 Å². The number of methoxy groups -OCH3 is 1. The highest BCUT2D eigenvalue weighted by Crippen LogP contribution is 2.30. The van der Waals surface area contributed by atoms with E-state index in [-0.39, 0.29) is 6.03 Å². The van der Waals surface area contributed by atoms with Crippen LogP contribution in [-0.2, 0) is 17.7 Å². The van der Waals surface area contributed by atoms with Crippen LogP contribution in [0, 0.1) is 0 Å². The van der Waals surface area contributed by atoms with Crippen LogP contribution in [0.1, 0.15) is 29.9 Å². The van der Waals surface area contributed by atoms with Crippen molar-refractivity contribution in [1.29, 1.82) is 0 Å². The molecule has 0 radical (unpaired) electrons. The van der Waals surface area contributed by atoms with Crippen molar-refractivity contribution in [2.75, 3.05) is 25.6 Å². The Kier molecular flexibility index (Phi) is 5.48. The molecule has 2 amide bonds. The highest BCUT2D eigenvalue weighted by molar-refractivity contribution is 5.88. The smallest absolute Gasteiger partial charge is 0.319 e. The van der Waals surface area contributed by atoms with Crippen molar-refractivity contribution >= 4 is 11.7 Å². The molecule has 1 aliphatic carbocycles. The molecule has 2 aromatic rings. The van der Waals surface area contributed by atoms with Crippen LogP contribution in [0.5, 0.6) is 0 Å². The summed E-state index contributed by atoms with van der Waals surface area (Å²) >= 11 is 0. The van der Waals surface area contributed by atoms with Gasteiger partial charge in [0.05, 0.1) is 25.0 Å². The molecule has 0 saturated heterocycles. The van der Waals surface area contributed by atoms with E-state index in [0.29, 0.717) is 31.3 Å². The number of carbonyl (C=O) groups is 1. The van der Waals surface area contributed by atoms with Gasteiger partial charge in [-0.05, 0) is 30.4 Å². The highest BCUT2D eigenvalue weighted by atomic mass is 16.5. The lowest BCUT2D eigenvalue weighted by atomic mass is 9.83. The maximum atomic E-state index is 12.1. The largest absolute Gasteiger partial charge is 0.383 e. The predicted molar refractivity (Wildman–Crippen MR) is 93.2 cm³/mol. The summed E-state index contributed by atoms with van der Waals surface area (Å²) in [5, 5.41) is 9.99. The molecule has 1 aromatic carbocycles. The van der Waals surface area contributed by atoms with Gasteiger partial charge < -0.3 is 15.4 Å². The number of amides is 2. The normalized spacial score (nSPS) is 16.5. The fourth-order valence-electron chi connectivity index (χ4n) is 3.19. The number of hydrogen-bond donors (Lipinski definition) is 2. The number of rotatable bonds is 6. The summed E-state index contributed by atoms with van der Waals surface area (Å²) in [6.45, 7) is 1.91. The van der Waals surface area contributed by atoms with Crippen molar-refractivity contribution in [2.24, 2.45) is 0 Å². The van der Waals surface area contributed by atoms with Gasteiger partial charge in [-0.25, -0.2) is 4.79 Å². The number of carbonyl (C=O) groups excluding carboxylic acids is 1. The Hall–Kier alpha value is -2.34. The maximum absolute atomic E-state index is 12.1. The van der Waals surface area contributed by atoms with Gasteiger partial charge in [-0.3, -0.25) is 4.68 Å². The first-order valence-electron chi connectivity index (χ1n) is 8.40. The van der Waals surface area contributed by atoms with Crippen LogP contribution in [0.15, 0.2) is 36.7 Å². The SMILES string of the molecule is COCCn1cc(NC(=O)NC[C@@H]2CCCc3ccccc32)cn1. The molecule has 0 aliphatic heterocycles. The molecule has 2 N–H and O–H groups in total. The second-order valence-corrected chi connectivity index (χ2v) is 6.11. The quantitative estimate of drug-likeness (QED) is 0.857. The number of nitrogens with zero attached hydrogens (tertiary/aromatic N) is 2. The zero-order chi connectivity index (χ0) is 16.8. The molecular formula is C18H24N4O2. The first-order valence-corrected chi connectivity index (χ1v) is 8.40. The monoisotopic (exact) mass is 328 g/mol. The Labute approximate surface area is 142 Å². The van der Waals surface area contributed by atoms with Gasteiger partial charge in [0.1, 0.15) is 0 Å². The van der Waals surface area contributed by atoms with Gasteiger partial charge in [0.25, 0.3) is 0 Å². The molecule has 0 saturated carbocycles. The maximum Gasteiger partial charge on any atom is 0.319 e. The Bertz CT molecular complexity index is 683. The molecule has 3 rings (SSSR count). The summed E-state index contributed by atoms with van der Waals surface area (Å²) in [6.07, 6.45) is 6.88. The summed E-state index contributed by atoms with van der Waals surface area (Å²) in [5.41, 5.74) is 3.47. The number of nitrogens with one attached hydrogen (secondary N) is 2. The third-order valence-electron chi connectivity index (χ3n) is 4.42. The van der Waals surface area contributed by atoms with Crippen LogP contribution in [0.4, 0.5) is 10.5 Å². The van der Waals surface area contributed by atoms with Crippen LogP contribution in [0.2, 0.25) is 0 Å². The molecule has 0 spiro atoms. The lowest BCUT2D eigenvalue weighted by Gasteiger charge is -2.25. The van der Waals surface area contributed by atoms with E-state index in [1.165, 1.54) is 17.5 Å². The zero-order valence-electron chi connectivity index (χ0n) is 14.0. The molecule has 6 heteroatoms. The van der Waals surface area contributed by atoms with Gasteiger partial charge in [-0.1, -0.05) is 24.3 Å². The lowest BCUT2D eigenvalue weighted by Crippen LogP contribution is -2.33. The second kappa shape index (κ2) is 7.97. The third-order valence-corrected chi connectivity index (χ3v) is 4.42. The van der Waals surface area contributed by atoms with Crippen molar-refractivity contribution in [3.63, 3.8) is 0 Å². The number of aryl methyl sites for hydroxylation is 1. The number of hydrogen-bond acceptors (Lipinski definition) is 3. The predicted octanol–water partition coefficient (Wildman–Crippen LogP) is 2.77. The molecule has 1 heterocycles. The lowest BCUT2D eigenvalue weighted by molar-refractivity contribution is 0.183. The number of ether oxygens (including phenoxy) is 1. The molecule has 6 nitrogen and oxygen atoms in total. The topological polar surface area (TPSA) is 68.2 Å². The summed E-state index contributed by atoms with van der Waals surface area (Å²) in [6, 6.07) is 8.34. The minimum atomic E-state index is -0.190. The van der Waals surface area contributed by atoms with E-state index in [1.807, 2.05) is 0 Å². The summed E-state index contributed by atoms with van der Waals surface area (Å²) in [7, 11) is 1.65. The Balaban J connectivity index is 1.50. The van der Waals surface area contributed by atoms with Crippen molar-refractivity contribution in [3.05, 3.63) is 47.8 Å². The highest BCUT2D eigenvalue weighted by Gasteiger charge is 2.20. The fourth-order valence-corrected chi connectivity index (χ4v) is 3.19. The zero-order valence-corrected chi connectivity index (χ0v) is 14.0. The summed E-state index contributed by atoms with van der Waals surface area (Å²) < 4.78 is 6.76. The third kappa shape index (κ3) is 4.14. The van der Waals surface area contributed by atoms with E-state index < -0.39 is 0 Å². The van der Waals surface area contributed by atoms with Crippen LogP contribution in [-0.4, -0.2) is 36.1 Å². The molecule has 1 aliphatic rings. The Morgan fingerprint density at radius 1 is 1.42 bits per heavy atom. The van der Waals surface area contributed by atoms with E-state index in [2.05, 4.69) is 40.0 Å². The van der Waals surface area contributed by atoms with Gasteiger partial charge in [0.2, 0.25) is 0 Å². The molecular weight excluding hydrogens is 304 g/mol. The molecule has 0 fully saturated rings. The molecule has 24 heavy (non-hydrogen) atoms. The molecule has 0 unspecified atom stereocenters. The van der Waals surface area contributed by atoms with Crippen molar-refractivity contribution in [2.45, 2.75) is 31.7 Å².